The highest BCUT2D eigenvalue weighted by Crippen LogP contribution is 2.26. The van der Waals surface area contributed by atoms with E-state index in [1.807, 2.05) is 0 Å². The second-order valence-corrected chi connectivity index (χ2v) is 3.58. The highest BCUT2D eigenvalue weighted by molar-refractivity contribution is 5.80. The molecule has 0 unspecified atom stereocenters. The van der Waals surface area contributed by atoms with Gasteiger partial charge >= 0.3 is 0 Å². The Kier molecular flexibility index (Phi) is 3.57. The quantitative estimate of drug-likeness (QED) is 0.775. The highest BCUT2D eigenvalue weighted by atomic mass is 19.1. The smallest absolute Gasteiger partial charge is 0.153 e. The zero-order valence-corrected chi connectivity index (χ0v) is 9.72. The number of rotatable bonds is 4. The van der Waals surface area contributed by atoms with Crippen LogP contribution in [0.4, 0.5) is 4.39 Å². The summed E-state index contributed by atoms with van der Waals surface area (Å²) in [7, 11) is 1.49. The molecule has 3 nitrogen and oxygen atoms in total. The zero-order chi connectivity index (χ0) is 13.0. The first-order valence-electron chi connectivity index (χ1n) is 5.29. The standard InChI is InChI=1S/C14H11FO3/c1-17-14-7-6-13(8-10(14)9-16)18-12-4-2-11(15)3-5-12/h2-9H,1H3. The monoisotopic (exact) mass is 246 g/mol. The van der Waals surface area contributed by atoms with E-state index in [1.54, 1.807) is 18.2 Å². The Bertz CT molecular complexity index is 549. The van der Waals surface area contributed by atoms with Crippen LogP contribution in [0.3, 0.4) is 0 Å². The number of halogens is 1. The van der Waals surface area contributed by atoms with Crippen LogP contribution in [0.25, 0.3) is 0 Å². The minimum Gasteiger partial charge on any atom is -0.496 e. The van der Waals surface area contributed by atoms with Crippen LogP contribution >= 0.6 is 0 Å². The maximum Gasteiger partial charge on any atom is 0.153 e. The van der Waals surface area contributed by atoms with Crippen LogP contribution in [0, 0.1) is 5.82 Å². The fourth-order valence-corrected chi connectivity index (χ4v) is 1.51. The molecule has 0 aliphatic rings. The second kappa shape index (κ2) is 5.31. The van der Waals surface area contributed by atoms with E-state index >= 15 is 0 Å². The summed E-state index contributed by atoms with van der Waals surface area (Å²) in [5.74, 6) is 1.14. The number of hydrogen-bond acceptors (Lipinski definition) is 3. The molecule has 0 aliphatic carbocycles. The lowest BCUT2D eigenvalue weighted by Crippen LogP contribution is -1.92. The molecule has 18 heavy (non-hydrogen) atoms. The molecule has 0 atom stereocenters. The van der Waals surface area contributed by atoms with Gasteiger partial charge in [-0.05, 0) is 42.5 Å². The molecule has 0 saturated heterocycles. The molecule has 0 N–H and O–H groups in total. The summed E-state index contributed by atoms with van der Waals surface area (Å²) < 4.78 is 23.2. The molecule has 0 saturated carbocycles. The number of methoxy groups -OCH3 is 1. The third kappa shape index (κ3) is 2.66. The van der Waals surface area contributed by atoms with Gasteiger partial charge in [0.25, 0.3) is 0 Å². The lowest BCUT2D eigenvalue weighted by Gasteiger charge is -2.08. The molecular weight excluding hydrogens is 235 g/mol. The van der Waals surface area contributed by atoms with Crippen molar-refractivity contribution in [3.63, 3.8) is 0 Å². The molecule has 0 bridgehead atoms. The van der Waals surface area contributed by atoms with E-state index in [1.165, 1.54) is 31.4 Å². The van der Waals surface area contributed by atoms with Crippen LogP contribution < -0.4 is 9.47 Å². The number of aldehydes is 1. The summed E-state index contributed by atoms with van der Waals surface area (Å²) in [5, 5.41) is 0. The van der Waals surface area contributed by atoms with Crippen molar-refractivity contribution in [1.29, 1.82) is 0 Å². The lowest BCUT2D eigenvalue weighted by molar-refractivity contribution is 0.112. The summed E-state index contributed by atoms with van der Waals surface area (Å²) in [4.78, 5) is 10.9. The first-order valence-corrected chi connectivity index (χ1v) is 5.29. The van der Waals surface area contributed by atoms with Gasteiger partial charge in [-0.15, -0.1) is 0 Å². The van der Waals surface area contributed by atoms with Crippen LogP contribution in [0.15, 0.2) is 42.5 Å². The number of hydrogen-bond donors (Lipinski definition) is 0. The minimum absolute atomic E-state index is 0.328. The van der Waals surface area contributed by atoms with Crippen molar-refractivity contribution in [2.75, 3.05) is 7.11 Å². The average Bonchev–Trinajstić information content (AvgIpc) is 2.41. The van der Waals surface area contributed by atoms with Gasteiger partial charge < -0.3 is 9.47 Å². The fourth-order valence-electron chi connectivity index (χ4n) is 1.51. The Balaban J connectivity index is 2.24. The fraction of sp³-hybridized carbons (Fsp3) is 0.0714. The van der Waals surface area contributed by atoms with E-state index in [0.29, 0.717) is 29.1 Å². The molecule has 0 spiro atoms. The van der Waals surface area contributed by atoms with Crippen molar-refractivity contribution in [1.82, 2.24) is 0 Å². The topological polar surface area (TPSA) is 35.5 Å². The molecule has 2 aromatic carbocycles. The largest absolute Gasteiger partial charge is 0.496 e. The van der Waals surface area contributed by atoms with Gasteiger partial charge in [-0.2, -0.15) is 0 Å². The number of benzene rings is 2. The SMILES string of the molecule is COc1ccc(Oc2ccc(F)cc2)cc1C=O. The predicted octanol–water partition coefficient (Wildman–Crippen LogP) is 3.44. The van der Waals surface area contributed by atoms with Gasteiger partial charge in [0.15, 0.2) is 6.29 Å². The Morgan fingerprint density at radius 3 is 2.33 bits per heavy atom. The maximum absolute atomic E-state index is 12.7. The summed E-state index contributed by atoms with van der Waals surface area (Å²) in [6.45, 7) is 0. The molecule has 0 radical (unpaired) electrons. The van der Waals surface area contributed by atoms with Crippen LogP contribution in [-0.4, -0.2) is 13.4 Å². The van der Waals surface area contributed by atoms with Crippen molar-refractivity contribution in [2.45, 2.75) is 0 Å². The first-order chi connectivity index (χ1) is 8.72. The third-order valence-corrected chi connectivity index (χ3v) is 2.38. The summed E-state index contributed by atoms with van der Waals surface area (Å²) in [6.07, 6.45) is 0.691. The average molecular weight is 246 g/mol. The molecule has 92 valence electrons. The van der Waals surface area contributed by atoms with E-state index in [4.69, 9.17) is 9.47 Å². The lowest BCUT2D eigenvalue weighted by atomic mass is 10.2. The van der Waals surface area contributed by atoms with Gasteiger partial charge in [0.1, 0.15) is 23.1 Å². The first kappa shape index (κ1) is 12.1. The van der Waals surface area contributed by atoms with E-state index in [2.05, 4.69) is 0 Å². The van der Waals surface area contributed by atoms with Crippen LogP contribution in [0.1, 0.15) is 10.4 Å². The van der Waals surface area contributed by atoms with Crippen molar-refractivity contribution in [2.24, 2.45) is 0 Å². The molecular formula is C14H11FO3. The zero-order valence-electron chi connectivity index (χ0n) is 9.72. The second-order valence-electron chi connectivity index (χ2n) is 3.58. The van der Waals surface area contributed by atoms with E-state index in [-0.39, 0.29) is 5.82 Å². The Labute approximate surface area is 104 Å². The van der Waals surface area contributed by atoms with Crippen LogP contribution in [0.2, 0.25) is 0 Å². The molecule has 0 aliphatic heterocycles. The van der Waals surface area contributed by atoms with Crippen molar-refractivity contribution in [3.05, 3.63) is 53.8 Å². The van der Waals surface area contributed by atoms with Gasteiger partial charge in [-0.1, -0.05) is 0 Å². The molecule has 0 heterocycles. The molecule has 2 rings (SSSR count). The molecule has 2 aromatic rings. The third-order valence-electron chi connectivity index (χ3n) is 2.38. The normalized spacial score (nSPS) is 9.89. The van der Waals surface area contributed by atoms with Crippen molar-refractivity contribution >= 4 is 6.29 Å². The number of carbonyl (C=O) groups excluding carboxylic acids is 1. The molecule has 0 fully saturated rings. The maximum atomic E-state index is 12.7. The number of carbonyl (C=O) groups is 1. The Morgan fingerprint density at radius 2 is 1.72 bits per heavy atom. The molecule has 0 aromatic heterocycles. The summed E-state index contributed by atoms with van der Waals surface area (Å²) in [5.41, 5.74) is 0.400. The molecule has 0 amide bonds. The number of ether oxygens (including phenoxy) is 2. The van der Waals surface area contributed by atoms with Gasteiger partial charge in [0, 0.05) is 0 Å². The van der Waals surface area contributed by atoms with Gasteiger partial charge in [0.2, 0.25) is 0 Å². The Morgan fingerprint density at radius 1 is 1.06 bits per heavy atom. The van der Waals surface area contributed by atoms with Gasteiger partial charge in [-0.3, -0.25) is 4.79 Å². The van der Waals surface area contributed by atoms with Crippen LogP contribution in [0.5, 0.6) is 17.2 Å². The highest BCUT2D eigenvalue weighted by Gasteiger charge is 2.05. The van der Waals surface area contributed by atoms with Crippen molar-refractivity contribution < 1.29 is 18.7 Å². The van der Waals surface area contributed by atoms with Gasteiger partial charge in [0.05, 0.1) is 12.7 Å². The Hall–Kier alpha value is -2.36. The van der Waals surface area contributed by atoms with Crippen LogP contribution in [-0.2, 0) is 0 Å². The molecule has 4 heteroatoms. The summed E-state index contributed by atoms with van der Waals surface area (Å²) >= 11 is 0. The van der Waals surface area contributed by atoms with E-state index in [9.17, 15) is 9.18 Å². The predicted molar refractivity (Wildman–Crippen MR) is 64.9 cm³/mol. The van der Waals surface area contributed by atoms with Crippen molar-refractivity contribution in [3.8, 4) is 17.2 Å². The van der Waals surface area contributed by atoms with E-state index in [0.717, 1.165) is 0 Å². The van der Waals surface area contributed by atoms with E-state index < -0.39 is 0 Å². The van der Waals surface area contributed by atoms with Gasteiger partial charge in [-0.25, -0.2) is 4.39 Å². The summed E-state index contributed by atoms with van der Waals surface area (Å²) in [6, 6.07) is 10.5. The minimum atomic E-state index is -0.328.